The van der Waals surface area contributed by atoms with Crippen LogP contribution in [0.25, 0.3) is 0 Å². The monoisotopic (exact) mass is 276 g/mol. The number of hydrogen-bond donors (Lipinski definition) is 1. The maximum atomic E-state index is 10.7. The molecule has 4 nitrogen and oxygen atoms in total. The van der Waals surface area contributed by atoms with Crippen molar-refractivity contribution in [1.29, 1.82) is 0 Å². The van der Waals surface area contributed by atoms with Gasteiger partial charge in [0, 0.05) is 25.7 Å². The second-order valence-corrected chi connectivity index (χ2v) is 6.09. The van der Waals surface area contributed by atoms with E-state index in [1.807, 2.05) is 24.3 Å². The van der Waals surface area contributed by atoms with Gasteiger partial charge in [0.05, 0.1) is 6.42 Å². The third-order valence-electron chi connectivity index (χ3n) is 4.10. The van der Waals surface area contributed by atoms with Crippen LogP contribution in [0.3, 0.4) is 0 Å². The summed E-state index contributed by atoms with van der Waals surface area (Å²) in [6.45, 7) is 5.48. The number of nitrogens with zero attached hydrogens (tertiary/aromatic N) is 2. The molecule has 0 aromatic heterocycles. The SMILES string of the molecule is CC1CN(Cc2ccc(CC(=O)O)cc2)CC1N(C)C. The van der Waals surface area contributed by atoms with E-state index in [1.54, 1.807) is 0 Å². The lowest BCUT2D eigenvalue weighted by Crippen LogP contribution is -2.34. The third-order valence-corrected chi connectivity index (χ3v) is 4.10. The summed E-state index contributed by atoms with van der Waals surface area (Å²) in [6, 6.07) is 8.57. The smallest absolute Gasteiger partial charge is 0.307 e. The average Bonchev–Trinajstić information content (AvgIpc) is 2.72. The van der Waals surface area contributed by atoms with Crippen molar-refractivity contribution in [2.24, 2.45) is 5.92 Å². The van der Waals surface area contributed by atoms with Crippen molar-refractivity contribution in [1.82, 2.24) is 9.80 Å². The Morgan fingerprint density at radius 1 is 1.25 bits per heavy atom. The van der Waals surface area contributed by atoms with E-state index < -0.39 is 5.97 Å². The zero-order chi connectivity index (χ0) is 14.7. The van der Waals surface area contributed by atoms with Gasteiger partial charge in [0.15, 0.2) is 0 Å². The number of likely N-dealkylation sites (tertiary alicyclic amines) is 1. The molecule has 0 radical (unpaired) electrons. The van der Waals surface area contributed by atoms with Crippen molar-refractivity contribution in [3.8, 4) is 0 Å². The van der Waals surface area contributed by atoms with Crippen LogP contribution < -0.4 is 0 Å². The van der Waals surface area contributed by atoms with E-state index >= 15 is 0 Å². The number of benzene rings is 1. The summed E-state index contributed by atoms with van der Waals surface area (Å²) < 4.78 is 0. The van der Waals surface area contributed by atoms with Gasteiger partial charge in [-0.05, 0) is 31.1 Å². The van der Waals surface area contributed by atoms with Crippen molar-refractivity contribution in [2.45, 2.75) is 25.9 Å². The Kier molecular flexibility index (Phi) is 4.78. The van der Waals surface area contributed by atoms with E-state index in [0.29, 0.717) is 12.0 Å². The normalized spacial score (nSPS) is 23.4. The Hall–Kier alpha value is -1.39. The summed E-state index contributed by atoms with van der Waals surface area (Å²) in [4.78, 5) is 15.4. The lowest BCUT2D eigenvalue weighted by molar-refractivity contribution is -0.136. The molecule has 0 saturated carbocycles. The zero-order valence-corrected chi connectivity index (χ0v) is 12.5. The Labute approximate surface area is 121 Å². The zero-order valence-electron chi connectivity index (χ0n) is 12.5. The van der Waals surface area contributed by atoms with Gasteiger partial charge in [0.25, 0.3) is 0 Å². The Balaban J connectivity index is 1.92. The fourth-order valence-corrected chi connectivity index (χ4v) is 3.04. The first-order valence-electron chi connectivity index (χ1n) is 7.14. The minimum Gasteiger partial charge on any atom is -0.481 e. The maximum Gasteiger partial charge on any atom is 0.307 e. The number of hydrogen-bond acceptors (Lipinski definition) is 3. The van der Waals surface area contributed by atoms with Gasteiger partial charge in [0.1, 0.15) is 0 Å². The molecule has 0 aliphatic carbocycles. The molecule has 1 fully saturated rings. The Morgan fingerprint density at radius 2 is 1.85 bits per heavy atom. The summed E-state index contributed by atoms with van der Waals surface area (Å²) in [5, 5.41) is 8.76. The van der Waals surface area contributed by atoms with Gasteiger partial charge in [-0.2, -0.15) is 0 Å². The van der Waals surface area contributed by atoms with Crippen LogP contribution in [0.4, 0.5) is 0 Å². The lowest BCUT2D eigenvalue weighted by atomic mass is 10.1. The molecule has 2 rings (SSSR count). The minimum absolute atomic E-state index is 0.101. The third kappa shape index (κ3) is 3.81. The van der Waals surface area contributed by atoms with Crippen LogP contribution in [0, 0.1) is 5.92 Å². The molecule has 1 aliphatic rings. The molecule has 2 unspecified atom stereocenters. The summed E-state index contributed by atoms with van der Waals surface area (Å²) in [6.07, 6.45) is 0.101. The number of likely N-dealkylation sites (N-methyl/N-ethyl adjacent to an activating group) is 1. The molecule has 0 amide bonds. The van der Waals surface area contributed by atoms with Gasteiger partial charge in [-0.25, -0.2) is 0 Å². The molecule has 110 valence electrons. The van der Waals surface area contributed by atoms with Crippen molar-refractivity contribution < 1.29 is 9.90 Å². The average molecular weight is 276 g/mol. The van der Waals surface area contributed by atoms with Crippen LogP contribution in [-0.4, -0.2) is 54.1 Å². The van der Waals surface area contributed by atoms with Crippen LogP contribution >= 0.6 is 0 Å². The molecule has 4 heteroatoms. The second kappa shape index (κ2) is 6.37. The van der Waals surface area contributed by atoms with E-state index in [0.717, 1.165) is 25.2 Å². The number of aliphatic carboxylic acids is 1. The number of rotatable bonds is 5. The lowest BCUT2D eigenvalue weighted by Gasteiger charge is -2.22. The standard InChI is InChI=1S/C16H24N2O2/c1-12-9-18(11-15(12)17(2)3)10-14-6-4-13(5-7-14)8-16(19)20/h4-7,12,15H,8-11H2,1-3H3,(H,19,20). The molecule has 1 aromatic rings. The molecule has 0 bridgehead atoms. The molecular weight excluding hydrogens is 252 g/mol. The summed E-state index contributed by atoms with van der Waals surface area (Å²) in [5.41, 5.74) is 2.12. The first-order valence-corrected chi connectivity index (χ1v) is 7.14. The van der Waals surface area contributed by atoms with E-state index in [-0.39, 0.29) is 6.42 Å². The Morgan fingerprint density at radius 3 is 2.35 bits per heavy atom. The number of carbonyl (C=O) groups is 1. The summed E-state index contributed by atoms with van der Waals surface area (Å²) in [5.74, 6) is -0.0868. The van der Waals surface area contributed by atoms with E-state index in [1.165, 1.54) is 5.56 Å². The number of carboxylic acid groups (broad SMARTS) is 1. The van der Waals surface area contributed by atoms with Gasteiger partial charge >= 0.3 is 5.97 Å². The fraction of sp³-hybridized carbons (Fsp3) is 0.562. The van der Waals surface area contributed by atoms with Gasteiger partial charge in [-0.15, -0.1) is 0 Å². The van der Waals surface area contributed by atoms with Crippen LogP contribution in [0.5, 0.6) is 0 Å². The predicted octanol–water partition coefficient (Wildman–Crippen LogP) is 1.70. The molecule has 1 N–H and O–H groups in total. The van der Waals surface area contributed by atoms with Crippen LogP contribution in [0.15, 0.2) is 24.3 Å². The quantitative estimate of drug-likeness (QED) is 0.889. The van der Waals surface area contributed by atoms with Crippen LogP contribution in [0.2, 0.25) is 0 Å². The van der Waals surface area contributed by atoms with Gasteiger partial charge < -0.3 is 10.0 Å². The molecule has 1 saturated heterocycles. The highest BCUT2D eigenvalue weighted by Gasteiger charge is 2.30. The van der Waals surface area contributed by atoms with Crippen molar-refractivity contribution >= 4 is 5.97 Å². The molecule has 20 heavy (non-hydrogen) atoms. The highest BCUT2D eigenvalue weighted by atomic mass is 16.4. The maximum absolute atomic E-state index is 10.7. The fourth-order valence-electron chi connectivity index (χ4n) is 3.04. The van der Waals surface area contributed by atoms with Gasteiger partial charge in [-0.1, -0.05) is 31.2 Å². The number of carboxylic acids is 1. The van der Waals surface area contributed by atoms with Gasteiger partial charge in [0.2, 0.25) is 0 Å². The molecule has 1 heterocycles. The summed E-state index contributed by atoms with van der Waals surface area (Å²) >= 11 is 0. The van der Waals surface area contributed by atoms with Crippen molar-refractivity contribution in [2.75, 3.05) is 27.2 Å². The van der Waals surface area contributed by atoms with E-state index in [4.69, 9.17) is 5.11 Å². The molecule has 0 spiro atoms. The molecule has 2 atom stereocenters. The first-order chi connectivity index (χ1) is 9.45. The topological polar surface area (TPSA) is 43.8 Å². The van der Waals surface area contributed by atoms with Crippen molar-refractivity contribution in [3.63, 3.8) is 0 Å². The second-order valence-electron chi connectivity index (χ2n) is 6.09. The van der Waals surface area contributed by atoms with Crippen LogP contribution in [0.1, 0.15) is 18.1 Å². The van der Waals surface area contributed by atoms with E-state index in [9.17, 15) is 4.79 Å². The first kappa shape index (κ1) is 15.0. The minimum atomic E-state index is -0.778. The van der Waals surface area contributed by atoms with Crippen LogP contribution in [-0.2, 0) is 17.8 Å². The summed E-state index contributed by atoms with van der Waals surface area (Å²) in [7, 11) is 4.29. The molecular formula is C16H24N2O2. The highest BCUT2D eigenvalue weighted by Crippen LogP contribution is 2.21. The largest absolute Gasteiger partial charge is 0.481 e. The highest BCUT2D eigenvalue weighted by molar-refractivity contribution is 5.70. The molecule has 1 aromatic carbocycles. The Bertz CT molecular complexity index is 456. The van der Waals surface area contributed by atoms with Crippen molar-refractivity contribution in [3.05, 3.63) is 35.4 Å². The molecule has 1 aliphatic heterocycles. The predicted molar refractivity (Wildman–Crippen MR) is 79.7 cm³/mol. The van der Waals surface area contributed by atoms with E-state index in [2.05, 4.69) is 30.8 Å². The van der Waals surface area contributed by atoms with Gasteiger partial charge in [-0.3, -0.25) is 9.69 Å².